The topological polar surface area (TPSA) is 196 Å². The number of fused-ring (bicyclic) bond motifs is 9. The zero-order valence-corrected chi connectivity index (χ0v) is 28.2. The molecule has 6 N–H and O–H groups in total. The fraction of sp³-hybridized carbons (Fsp3) is 0. The Labute approximate surface area is 308 Å². The Bertz CT molecular complexity index is 2310. The first-order valence-corrected chi connectivity index (χ1v) is 16.4. The Morgan fingerprint density at radius 1 is 0.278 bits per heavy atom. The lowest BCUT2D eigenvalue weighted by molar-refractivity contribution is 0.403. The first kappa shape index (κ1) is 34.6. The number of hydrogen-bond acceptors (Lipinski definition) is 12. The van der Waals surface area contributed by atoms with Crippen LogP contribution in [0.5, 0.6) is 34.5 Å². The smallest absolute Gasteiger partial charge is 0.166 e. The van der Waals surface area contributed by atoms with Crippen molar-refractivity contribution in [3.8, 4) is 34.5 Å². The van der Waals surface area contributed by atoms with Crippen molar-refractivity contribution in [1.82, 2.24) is 0 Å². The summed E-state index contributed by atoms with van der Waals surface area (Å²) in [6, 6.07) is 29.9. The van der Waals surface area contributed by atoms with E-state index in [0.717, 1.165) is 0 Å². The van der Waals surface area contributed by atoms with Crippen LogP contribution in [-0.2, 0) is 0 Å². The summed E-state index contributed by atoms with van der Waals surface area (Å²) in [5.41, 5.74) is 4.74. The number of rotatable bonds is 0. The van der Waals surface area contributed by atoms with Gasteiger partial charge in [-0.25, -0.2) is 0 Å². The van der Waals surface area contributed by atoms with Crippen LogP contribution in [0.4, 0.5) is 34.1 Å². The number of para-hydroxylation sites is 6. The molecule has 6 aromatic carbocycles. The molecule has 0 aliphatic carbocycles. The van der Waals surface area contributed by atoms with Crippen molar-refractivity contribution in [2.45, 2.75) is 0 Å². The van der Waals surface area contributed by atoms with Gasteiger partial charge in [-0.1, -0.05) is 36.4 Å². The molecule has 0 aromatic heterocycles. The van der Waals surface area contributed by atoms with Crippen molar-refractivity contribution < 1.29 is 30.6 Å². The van der Waals surface area contributed by atoms with Crippen molar-refractivity contribution in [2.75, 3.05) is 0 Å². The zero-order valence-electron chi connectivity index (χ0n) is 28.2. The number of phenols is 6. The first-order valence-electron chi connectivity index (χ1n) is 16.4. The Kier molecular flexibility index (Phi) is 9.72. The van der Waals surface area contributed by atoms with E-state index in [0.29, 0.717) is 50.8 Å². The SMILES string of the molecule is Oc1cc2cc(c1O)C=Nc1ccccc1N=Cc1cc(O)c(O)c(c1)C=Nc1ccccc1N=Cc1cc(O)c(O)c(c1)C=Nc1ccccc1N=C2. The van der Waals surface area contributed by atoms with Crippen LogP contribution in [0.2, 0.25) is 0 Å². The third-order valence-corrected chi connectivity index (χ3v) is 8.16. The van der Waals surface area contributed by atoms with Crippen LogP contribution in [0.25, 0.3) is 0 Å². The molecule has 54 heavy (non-hydrogen) atoms. The van der Waals surface area contributed by atoms with E-state index in [1.165, 1.54) is 55.5 Å². The van der Waals surface area contributed by atoms with Crippen LogP contribution in [0, 0.1) is 0 Å². The highest BCUT2D eigenvalue weighted by molar-refractivity contribution is 5.96. The second kappa shape index (κ2) is 15.2. The van der Waals surface area contributed by atoms with E-state index in [2.05, 4.69) is 30.0 Å². The third-order valence-electron chi connectivity index (χ3n) is 8.16. The van der Waals surface area contributed by atoms with Gasteiger partial charge in [0.1, 0.15) is 0 Å². The number of aromatic hydroxyl groups is 6. The maximum absolute atomic E-state index is 10.7. The van der Waals surface area contributed by atoms with E-state index in [-0.39, 0.29) is 51.2 Å². The Hall–Kier alpha value is -7.86. The summed E-state index contributed by atoms with van der Waals surface area (Å²) >= 11 is 0. The summed E-state index contributed by atoms with van der Waals surface area (Å²) < 4.78 is 0. The normalized spacial score (nSPS) is 12.4. The monoisotopic (exact) mass is 714 g/mol. The summed E-state index contributed by atoms with van der Waals surface area (Å²) in [7, 11) is 0. The Balaban J connectivity index is 1.37. The number of nitrogens with zero attached hydrogens (tertiary/aromatic N) is 6. The fourth-order valence-electron chi connectivity index (χ4n) is 5.41. The van der Waals surface area contributed by atoms with Crippen LogP contribution >= 0.6 is 0 Å². The molecule has 12 heteroatoms. The molecule has 7 rings (SSSR count). The molecule has 1 heterocycles. The van der Waals surface area contributed by atoms with Crippen LogP contribution in [0.3, 0.4) is 0 Å². The minimum absolute atomic E-state index is 0.214. The second-order valence-electron chi connectivity index (χ2n) is 11.9. The first-order chi connectivity index (χ1) is 26.2. The number of phenolic OH excluding ortho intramolecular Hbond substituents is 6. The highest BCUT2D eigenvalue weighted by atomic mass is 16.3. The predicted octanol–water partition coefficient (Wildman–Crippen LogP) is 8.74. The Morgan fingerprint density at radius 2 is 0.500 bits per heavy atom. The molecule has 1 aliphatic rings. The van der Waals surface area contributed by atoms with Crippen molar-refractivity contribution in [1.29, 1.82) is 0 Å². The van der Waals surface area contributed by atoms with Crippen molar-refractivity contribution in [3.63, 3.8) is 0 Å². The summed E-state index contributed by atoms with van der Waals surface area (Å²) in [4.78, 5) is 27.3. The lowest BCUT2D eigenvalue weighted by Crippen LogP contribution is -1.89. The quantitative estimate of drug-likeness (QED) is 0.0850. The molecular weight excluding hydrogens is 684 g/mol. The van der Waals surface area contributed by atoms with Gasteiger partial charge in [-0.2, -0.15) is 0 Å². The maximum Gasteiger partial charge on any atom is 0.166 e. The fourth-order valence-corrected chi connectivity index (χ4v) is 5.41. The molecule has 0 atom stereocenters. The minimum atomic E-state index is -0.379. The average Bonchev–Trinajstić information content (AvgIpc) is 3.18. The number of benzene rings is 6. The predicted molar refractivity (Wildman–Crippen MR) is 212 cm³/mol. The van der Waals surface area contributed by atoms with E-state index < -0.39 is 0 Å². The highest BCUT2D eigenvalue weighted by Gasteiger charge is 2.12. The zero-order chi connectivity index (χ0) is 37.6. The molecule has 264 valence electrons. The van der Waals surface area contributed by atoms with E-state index in [1.54, 1.807) is 91.0 Å². The van der Waals surface area contributed by atoms with Crippen LogP contribution in [0.15, 0.2) is 139 Å². The van der Waals surface area contributed by atoms with E-state index in [9.17, 15) is 30.6 Å². The molecule has 0 radical (unpaired) electrons. The molecule has 12 nitrogen and oxygen atoms in total. The van der Waals surface area contributed by atoms with Gasteiger partial charge in [0.05, 0.1) is 34.1 Å². The van der Waals surface area contributed by atoms with Crippen LogP contribution in [0.1, 0.15) is 33.4 Å². The standard InChI is InChI=1S/C42H30N6O6/c49-37-16-25-13-29(41(37)53)23-47-35-11-5-2-8-32(35)45-21-27-15-30(42(54)39(51)18-27)24-48-36-12-6-3-9-33(36)44-20-26-14-28(40(52)38(50)17-26)22-46-34-10-4-1-7-31(34)43-19-25/h1-24,49-54H. The minimum Gasteiger partial charge on any atom is -0.504 e. The van der Waals surface area contributed by atoms with E-state index >= 15 is 0 Å². The molecule has 0 saturated heterocycles. The average molecular weight is 715 g/mol. The molecule has 0 amide bonds. The lowest BCUT2D eigenvalue weighted by atomic mass is 10.1. The summed E-state index contributed by atoms with van der Waals surface area (Å²) in [6.45, 7) is 0. The second-order valence-corrected chi connectivity index (χ2v) is 11.9. The van der Waals surface area contributed by atoms with Crippen LogP contribution < -0.4 is 0 Å². The largest absolute Gasteiger partial charge is 0.504 e. The van der Waals surface area contributed by atoms with Crippen molar-refractivity contribution in [2.24, 2.45) is 30.0 Å². The van der Waals surface area contributed by atoms with Gasteiger partial charge < -0.3 is 30.6 Å². The number of hydrogen-bond donors (Lipinski definition) is 6. The molecule has 1 aliphatic heterocycles. The number of aliphatic imine (C=N–C) groups is 6. The molecule has 6 aromatic rings. The van der Waals surface area contributed by atoms with Crippen molar-refractivity contribution >= 4 is 71.4 Å². The van der Waals surface area contributed by atoms with Gasteiger partial charge in [-0.05, 0) is 89.5 Å². The summed E-state index contributed by atoms with van der Waals surface area (Å²) in [6.07, 6.45) is 8.68. The highest BCUT2D eigenvalue weighted by Crippen LogP contribution is 2.35. The van der Waals surface area contributed by atoms with Gasteiger partial charge in [-0.15, -0.1) is 0 Å². The third kappa shape index (κ3) is 7.72. The van der Waals surface area contributed by atoms with Gasteiger partial charge >= 0.3 is 0 Å². The molecule has 0 fully saturated rings. The van der Waals surface area contributed by atoms with E-state index in [1.807, 2.05) is 0 Å². The molecular formula is C42H30N6O6. The lowest BCUT2D eigenvalue weighted by Gasteiger charge is -2.06. The summed E-state index contributed by atoms with van der Waals surface area (Å²) in [5, 5.41) is 63.7. The van der Waals surface area contributed by atoms with Gasteiger partial charge in [-0.3, -0.25) is 30.0 Å². The molecule has 0 unspecified atom stereocenters. The molecule has 6 bridgehead atoms. The molecule has 0 saturated carbocycles. The Morgan fingerprint density at radius 3 is 0.741 bits per heavy atom. The van der Waals surface area contributed by atoms with Gasteiger partial charge in [0.15, 0.2) is 34.5 Å². The maximum atomic E-state index is 10.7. The van der Waals surface area contributed by atoms with Crippen LogP contribution in [-0.4, -0.2) is 67.9 Å². The van der Waals surface area contributed by atoms with Gasteiger partial charge in [0.2, 0.25) is 0 Å². The van der Waals surface area contributed by atoms with Gasteiger partial charge in [0, 0.05) is 54.0 Å². The van der Waals surface area contributed by atoms with Crippen molar-refractivity contribution in [3.05, 3.63) is 143 Å². The summed E-state index contributed by atoms with van der Waals surface area (Å²) in [5.74, 6) is -2.27. The van der Waals surface area contributed by atoms with E-state index in [4.69, 9.17) is 0 Å². The molecule has 0 spiro atoms. The van der Waals surface area contributed by atoms with Gasteiger partial charge in [0.25, 0.3) is 0 Å².